The van der Waals surface area contributed by atoms with E-state index >= 15 is 0 Å². The molecule has 122 valence electrons. The Hall–Kier alpha value is -1.75. The first-order valence-corrected chi connectivity index (χ1v) is 7.72. The van der Waals surface area contributed by atoms with Crippen LogP contribution in [0.15, 0.2) is 24.3 Å². The lowest BCUT2D eigenvalue weighted by Crippen LogP contribution is -2.46. The van der Waals surface area contributed by atoms with Crippen LogP contribution in [-0.4, -0.2) is 41.9 Å². The Morgan fingerprint density at radius 3 is 2.45 bits per heavy atom. The van der Waals surface area contributed by atoms with Crippen LogP contribution in [0.25, 0.3) is 0 Å². The lowest BCUT2D eigenvalue weighted by Gasteiger charge is -2.25. The molecule has 0 aliphatic rings. The van der Waals surface area contributed by atoms with Crippen molar-refractivity contribution in [2.75, 3.05) is 13.1 Å². The van der Waals surface area contributed by atoms with E-state index in [1.807, 2.05) is 20.8 Å². The molecular weight excluding hydrogens is 304 g/mol. The smallest absolute Gasteiger partial charge is 0.263 e. The van der Waals surface area contributed by atoms with Crippen molar-refractivity contribution < 1.29 is 14.3 Å². The molecule has 0 aliphatic heterocycles. The number of rotatable bonds is 7. The van der Waals surface area contributed by atoms with Crippen molar-refractivity contribution in [1.29, 1.82) is 0 Å². The molecule has 5 nitrogen and oxygen atoms in total. The van der Waals surface area contributed by atoms with Crippen LogP contribution in [0.5, 0.6) is 5.75 Å². The molecule has 0 saturated heterocycles. The van der Waals surface area contributed by atoms with Gasteiger partial charge in [0.15, 0.2) is 6.10 Å². The van der Waals surface area contributed by atoms with Gasteiger partial charge in [0.05, 0.1) is 11.6 Å². The molecule has 1 rings (SSSR count). The van der Waals surface area contributed by atoms with Gasteiger partial charge in [0.2, 0.25) is 5.91 Å². The molecule has 0 spiro atoms. The Balaban J connectivity index is 2.66. The van der Waals surface area contributed by atoms with Crippen LogP contribution in [0, 0.1) is 0 Å². The molecule has 1 atom stereocenters. The number of nitrogens with one attached hydrogen (secondary N) is 1. The third kappa shape index (κ3) is 5.56. The third-order valence-corrected chi connectivity index (χ3v) is 3.28. The number of nitrogens with zero attached hydrogens (tertiary/aromatic N) is 1. The lowest BCUT2D eigenvalue weighted by molar-refractivity contribution is -0.141. The Morgan fingerprint density at radius 2 is 1.91 bits per heavy atom. The van der Waals surface area contributed by atoms with Gasteiger partial charge in [0.25, 0.3) is 5.91 Å². The quantitative estimate of drug-likeness (QED) is 0.837. The largest absolute Gasteiger partial charge is 0.479 e. The molecule has 6 heteroatoms. The highest BCUT2D eigenvalue weighted by molar-refractivity contribution is 6.32. The van der Waals surface area contributed by atoms with E-state index in [2.05, 4.69) is 5.32 Å². The van der Waals surface area contributed by atoms with E-state index in [9.17, 15) is 9.59 Å². The fraction of sp³-hybridized carbons (Fsp3) is 0.500. The molecule has 1 aromatic carbocycles. The molecule has 0 aromatic heterocycles. The van der Waals surface area contributed by atoms with Crippen LogP contribution < -0.4 is 10.1 Å². The number of benzene rings is 1. The SMILES string of the molecule is CCN(CC(=O)NC(C)C)C(=O)C(C)Oc1ccccc1Cl. The monoisotopic (exact) mass is 326 g/mol. The summed E-state index contributed by atoms with van der Waals surface area (Å²) < 4.78 is 5.60. The standard InChI is InChI=1S/C16H23ClN2O3/c1-5-19(10-15(20)18-11(2)3)16(21)12(4)22-14-9-7-6-8-13(14)17/h6-9,11-12H,5,10H2,1-4H3,(H,18,20). The number of halogens is 1. The van der Waals surface area contributed by atoms with Gasteiger partial charge < -0.3 is 15.0 Å². The molecule has 1 aromatic rings. The van der Waals surface area contributed by atoms with Crippen LogP contribution in [-0.2, 0) is 9.59 Å². The molecule has 0 aliphatic carbocycles. The maximum Gasteiger partial charge on any atom is 0.263 e. The number of ether oxygens (including phenoxy) is 1. The molecule has 0 bridgehead atoms. The fourth-order valence-electron chi connectivity index (χ4n) is 1.92. The zero-order valence-electron chi connectivity index (χ0n) is 13.4. The predicted octanol–water partition coefficient (Wildman–Crippen LogP) is 2.48. The molecule has 0 heterocycles. The number of carbonyl (C=O) groups excluding carboxylic acids is 2. The topological polar surface area (TPSA) is 58.6 Å². The number of amides is 2. The van der Waals surface area contributed by atoms with Gasteiger partial charge in [-0.2, -0.15) is 0 Å². The van der Waals surface area contributed by atoms with Crippen molar-refractivity contribution in [2.45, 2.75) is 39.8 Å². The van der Waals surface area contributed by atoms with Gasteiger partial charge in [0, 0.05) is 12.6 Å². The summed E-state index contributed by atoms with van der Waals surface area (Å²) in [5.74, 6) is 0.0178. The summed E-state index contributed by atoms with van der Waals surface area (Å²) in [5, 5.41) is 3.21. The summed E-state index contributed by atoms with van der Waals surface area (Å²) in [5.41, 5.74) is 0. The predicted molar refractivity (Wildman–Crippen MR) is 87.1 cm³/mol. The first-order valence-electron chi connectivity index (χ1n) is 7.34. The third-order valence-electron chi connectivity index (χ3n) is 2.97. The van der Waals surface area contributed by atoms with Gasteiger partial charge >= 0.3 is 0 Å². The molecule has 1 N–H and O–H groups in total. The fourth-order valence-corrected chi connectivity index (χ4v) is 2.11. The van der Waals surface area contributed by atoms with Crippen LogP contribution in [0.4, 0.5) is 0 Å². The molecular formula is C16H23ClN2O3. The second kappa shape index (κ2) is 8.63. The minimum absolute atomic E-state index is 0.0176. The number of likely N-dealkylation sites (N-methyl/N-ethyl adjacent to an activating group) is 1. The number of hydrogen-bond acceptors (Lipinski definition) is 3. The van der Waals surface area contributed by atoms with E-state index in [1.165, 1.54) is 4.90 Å². The Morgan fingerprint density at radius 1 is 1.27 bits per heavy atom. The molecule has 0 fully saturated rings. The summed E-state index contributed by atoms with van der Waals surface area (Å²) in [6.07, 6.45) is -0.716. The highest BCUT2D eigenvalue weighted by Crippen LogP contribution is 2.24. The van der Waals surface area contributed by atoms with Gasteiger partial charge in [-0.15, -0.1) is 0 Å². The van der Waals surface area contributed by atoms with Crippen LogP contribution in [0.1, 0.15) is 27.7 Å². The number of para-hydroxylation sites is 1. The highest BCUT2D eigenvalue weighted by atomic mass is 35.5. The van der Waals surface area contributed by atoms with Crippen molar-refractivity contribution in [1.82, 2.24) is 10.2 Å². The summed E-state index contributed by atoms with van der Waals surface area (Å²) >= 11 is 6.01. The Labute approximate surface area is 136 Å². The highest BCUT2D eigenvalue weighted by Gasteiger charge is 2.23. The van der Waals surface area contributed by atoms with Crippen molar-refractivity contribution >= 4 is 23.4 Å². The van der Waals surface area contributed by atoms with Crippen molar-refractivity contribution in [3.05, 3.63) is 29.3 Å². The summed E-state index contributed by atoms with van der Waals surface area (Å²) in [6, 6.07) is 7.01. The van der Waals surface area contributed by atoms with Crippen LogP contribution in [0.3, 0.4) is 0 Å². The van der Waals surface area contributed by atoms with E-state index in [4.69, 9.17) is 16.3 Å². The second-order valence-electron chi connectivity index (χ2n) is 5.27. The van der Waals surface area contributed by atoms with E-state index in [1.54, 1.807) is 31.2 Å². The first kappa shape index (κ1) is 18.3. The Bertz CT molecular complexity index is 520. The molecule has 22 heavy (non-hydrogen) atoms. The molecule has 2 amide bonds. The minimum atomic E-state index is -0.716. The summed E-state index contributed by atoms with van der Waals surface area (Å²) in [6.45, 7) is 7.67. The van der Waals surface area contributed by atoms with Crippen molar-refractivity contribution in [3.8, 4) is 5.75 Å². The minimum Gasteiger partial charge on any atom is -0.479 e. The van der Waals surface area contributed by atoms with Gasteiger partial charge in [-0.1, -0.05) is 23.7 Å². The van der Waals surface area contributed by atoms with Gasteiger partial charge in [0.1, 0.15) is 5.75 Å². The molecule has 0 radical (unpaired) electrons. The van der Waals surface area contributed by atoms with E-state index in [0.29, 0.717) is 17.3 Å². The van der Waals surface area contributed by atoms with E-state index in [0.717, 1.165) is 0 Å². The van der Waals surface area contributed by atoms with Gasteiger partial charge in [-0.05, 0) is 39.8 Å². The van der Waals surface area contributed by atoms with Gasteiger partial charge in [-0.3, -0.25) is 9.59 Å². The molecule has 1 unspecified atom stereocenters. The zero-order chi connectivity index (χ0) is 16.7. The average Bonchev–Trinajstić information content (AvgIpc) is 2.45. The van der Waals surface area contributed by atoms with Crippen LogP contribution >= 0.6 is 11.6 Å². The number of carbonyl (C=O) groups is 2. The lowest BCUT2D eigenvalue weighted by atomic mass is 10.3. The maximum absolute atomic E-state index is 12.4. The van der Waals surface area contributed by atoms with Crippen LogP contribution in [0.2, 0.25) is 5.02 Å². The first-order chi connectivity index (χ1) is 10.3. The number of hydrogen-bond donors (Lipinski definition) is 1. The van der Waals surface area contributed by atoms with Crippen molar-refractivity contribution in [3.63, 3.8) is 0 Å². The molecule has 0 saturated carbocycles. The van der Waals surface area contributed by atoms with Crippen molar-refractivity contribution in [2.24, 2.45) is 0 Å². The zero-order valence-corrected chi connectivity index (χ0v) is 14.2. The van der Waals surface area contributed by atoms with E-state index in [-0.39, 0.29) is 24.4 Å². The summed E-state index contributed by atoms with van der Waals surface area (Å²) in [7, 11) is 0. The second-order valence-corrected chi connectivity index (χ2v) is 5.67. The van der Waals surface area contributed by atoms with Gasteiger partial charge in [-0.25, -0.2) is 0 Å². The Kier molecular flexibility index (Phi) is 7.18. The van der Waals surface area contributed by atoms with E-state index < -0.39 is 6.10 Å². The maximum atomic E-state index is 12.4. The summed E-state index contributed by atoms with van der Waals surface area (Å²) in [4.78, 5) is 25.6. The normalized spacial score (nSPS) is 11.9. The average molecular weight is 327 g/mol.